The Morgan fingerprint density at radius 3 is 2.14 bits per heavy atom. The van der Waals surface area contributed by atoms with Crippen molar-refractivity contribution in [3.8, 4) is 5.69 Å². The Hall–Kier alpha value is -3.09. The summed E-state index contributed by atoms with van der Waals surface area (Å²) >= 11 is 0. The second-order valence-corrected chi connectivity index (χ2v) is 6.91. The number of hydrogen-bond donors (Lipinski definition) is 1. The van der Waals surface area contributed by atoms with Gasteiger partial charge in [-0.15, -0.1) is 0 Å². The van der Waals surface area contributed by atoms with E-state index in [-0.39, 0.29) is 11.3 Å². The summed E-state index contributed by atoms with van der Waals surface area (Å²) < 4.78 is 40.7. The van der Waals surface area contributed by atoms with E-state index in [1.54, 1.807) is 12.1 Å². The molecule has 3 aromatic rings. The molecular weight excluding hydrogens is 381 g/mol. The normalized spacial score (nSPS) is 11.6. The molecule has 0 amide bonds. The zero-order chi connectivity index (χ0) is 21.0. The molecule has 0 spiro atoms. The Morgan fingerprint density at radius 2 is 1.59 bits per heavy atom. The van der Waals surface area contributed by atoms with Crippen molar-refractivity contribution >= 4 is 5.97 Å². The number of carbonyl (C=O) groups is 1. The van der Waals surface area contributed by atoms with Crippen molar-refractivity contribution in [2.45, 2.75) is 38.8 Å². The second-order valence-electron chi connectivity index (χ2n) is 6.91. The molecule has 0 atom stereocenters. The van der Waals surface area contributed by atoms with Gasteiger partial charge in [-0.3, -0.25) is 4.79 Å². The molecule has 1 heterocycles. The molecule has 29 heavy (non-hydrogen) atoms. The molecule has 3 rings (SSSR count). The molecule has 152 valence electrons. The molecular formula is C22H21F3N2O2. The van der Waals surface area contributed by atoms with Crippen molar-refractivity contribution in [1.82, 2.24) is 9.78 Å². The van der Waals surface area contributed by atoms with E-state index in [4.69, 9.17) is 5.11 Å². The SMILES string of the molecule is Cc1c(C(F)(F)F)nn(-c2ccc(CCCc3ccccc3)cc2)c1CC(=O)O. The highest BCUT2D eigenvalue weighted by molar-refractivity contribution is 5.70. The number of hydrogen-bond acceptors (Lipinski definition) is 2. The minimum absolute atomic E-state index is 0.0293. The molecule has 0 aliphatic heterocycles. The number of nitrogens with zero attached hydrogens (tertiary/aromatic N) is 2. The van der Waals surface area contributed by atoms with Gasteiger partial charge in [0.2, 0.25) is 0 Å². The fraction of sp³-hybridized carbons (Fsp3) is 0.273. The van der Waals surface area contributed by atoms with E-state index >= 15 is 0 Å². The lowest BCUT2D eigenvalue weighted by Crippen LogP contribution is -2.09. The third kappa shape index (κ3) is 5.04. The predicted octanol–water partition coefficient (Wildman–Crippen LogP) is 5.00. The molecule has 2 aromatic carbocycles. The van der Waals surface area contributed by atoms with Crippen LogP contribution in [0.3, 0.4) is 0 Å². The summed E-state index contributed by atoms with van der Waals surface area (Å²) in [5, 5.41) is 12.8. The van der Waals surface area contributed by atoms with E-state index in [1.807, 2.05) is 30.3 Å². The van der Waals surface area contributed by atoms with E-state index in [0.29, 0.717) is 5.69 Å². The topological polar surface area (TPSA) is 55.1 Å². The summed E-state index contributed by atoms with van der Waals surface area (Å²) in [4.78, 5) is 11.1. The van der Waals surface area contributed by atoms with E-state index in [1.165, 1.54) is 12.5 Å². The maximum Gasteiger partial charge on any atom is 0.435 e. The number of halogens is 3. The molecule has 0 unspecified atom stereocenters. The first kappa shape index (κ1) is 20.6. The minimum atomic E-state index is -4.64. The van der Waals surface area contributed by atoms with Crippen molar-refractivity contribution in [3.05, 3.63) is 82.7 Å². The third-order valence-electron chi connectivity index (χ3n) is 4.79. The zero-order valence-corrected chi connectivity index (χ0v) is 15.9. The van der Waals surface area contributed by atoms with E-state index < -0.39 is 24.3 Å². The average Bonchev–Trinajstić information content (AvgIpc) is 2.99. The quantitative estimate of drug-likeness (QED) is 0.605. The number of benzene rings is 2. The maximum atomic E-state index is 13.2. The number of aromatic nitrogens is 2. The van der Waals surface area contributed by atoms with Gasteiger partial charge < -0.3 is 5.11 Å². The summed E-state index contributed by atoms with van der Waals surface area (Å²) in [5.74, 6) is -1.21. The first-order valence-electron chi connectivity index (χ1n) is 9.26. The number of aliphatic carboxylic acids is 1. The van der Waals surface area contributed by atoms with Crippen LogP contribution in [0.4, 0.5) is 13.2 Å². The second kappa shape index (κ2) is 8.51. The van der Waals surface area contributed by atoms with Gasteiger partial charge in [-0.25, -0.2) is 4.68 Å². The van der Waals surface area contributed by atoms with E-state index in [9.17, 15) is 18.0 Å². The van der Waals surface area contributed by atoms with Gasteiger partial charge in [-0.05, 0) is 49.4 Å². The highest BCUT2D eigenvalue weighted by Gasteiger charge is 2.38. The van der Waals surface area contributed by atoms with Gasteiger partial charge in [0.25, 0.3) is 0 Å². The summed E-state index contributed by atoms with van der Waals surface area (Å²) in [6.45, 7) is 1.25. The largest absolute Gasteiger partial charge is 0.481 e. The molecule has 0 saturated heterocycles. The molecule has 0 radical (unpaired) electrons. The highest BCUT2D eigenvalue weighted by Crippen LogP contribution is 2.33. The molecule has 0 saturated carbocycles. The number of carboxylic acids is 1. The zero-order valence-electron chi connectivity index (χ0n) is 15.9. The number of rotatable bonds is 7. The Labute approximate surface area is 166 Å². The van der Waals surface area contributed by atoms with Crippen LogP contribution in [0, 0.1) is 6.92 Å². The third-order valence-corrected chi connectivity index (χ3v) is 4.79. The Balaban J connectivity index is 1.79. The number of aryl methyl sites for hydroxylation is 2. The molecule has 1 aromatic heterocycles. The van der Waals surface area contributed by atoms with Crippen LogP contribution in [-0.2, 0) is 30.2 Å². The van der Waals surface area contributed by atoms with E-state index in [0.717, 1.165) is 29.5 Å². The fourth-order valence-corrected chi connectivity index (χ4v) is 3.31. The van der Waals surface area contributed by atoms with Crippen LogP contribution in [0.5, 0.6) is 0 Å². The first-order valence-corrected chi connectivity index (χ1v) is 9.26. The lowest BCUT2D eigenvalue weighted by molar-refractivity contribution is -0.142. The molecule has 7 heteroatoms. The van der Waals surface area contributed by atoms with Crippen LogP contribution in [0.2, 0.25) is 0 Å². The van der Waals surface area contributed by atoms with Crippen molar-refractivity contribution in [2.75, 3.05) is 0 Å². The van der Waals surface area contributed by atoms with Crippen LogP contribution in [-0.4, -0.2) is 20.9 Å². The van der Waals surface area contributed by atoms with Crippen LogP contribution in [0.25, 0.3) is 5.69 Å². The summed E-state index contributed by atoms with van der Waals surface area (Å²) in [5.41, 5.74) is 1.54. The molecule has 0 bridgehead atoms. The Bertz CT molecular complexity index is 978. The smallest absolute Gasteiger partial charge is 0.435 e. The summed E-state index contributed by atoms with van der Waals surface area (Å²) in [6, 6.07) is 17.2. The van der Waals surface area contributed by atoms with Gasteiger partial charge in [0.05, 0.1) is 17.8 Å². The Morgan fingerprint density at radius 1 is 1.00 bits per heavy atom. The monoisotopic (exact) mass is 402 g/mol. The molecule has 4 nitrogen and oxygen atoms in total. The molecule has 0 fully saturated rings. The lowest BCUT2D eigenvalue weighted by Gasteiger charge is -2.08. The van der Waals surface area contributed by atoms with Gasteiger partial charge in [0.15, 0.2) is 5.69 Å². The van der Waals surface area contributed by atoms with Crippen LogP contribution < -0.4 is 0 Å². The summed E-state index contributed by atoms with van der Waals surface area (Å²) in [6.07, 6.45) is -2.44. The standard InChI is InChI=1S/C22H21F3N2O2/c1-15-19(14-20(28)29)27(26-21(15)22(23,24)25)18-12-10-17(11-13-18)9-5-8-16-6-3-2-4-7-16/h2-4,6-7,10-13H,5,8-9,14H2,1H3,(H,28,29). The summed E-state index contributed by atoms with van der Waals surface area (Å²) in [7, 11) is 0. The van der Waals surface area contributed by atoms with E-state index in [2.05, 4.69) is 17.2 Å². The van der Waals surface area contributed by atoms with Gasteiger partial charge in [-0.2, -0.15) is 18.3 Å². The molecule has 0 aliphatic rings. The first-order chi connectivity index (χ1) is 13.8. The van der Waals surface area contributed by atoms with Gasteiger partial charge >= 0.3 is 12.1 Å². The van der Waals surface area contributed by atoms with Gasteiger partial charge in [0, 0.05) is 5.56 Å². The van der Waals surface area contributed by atoms with Gasteiger partial charge in [0.1, 0.15) is 0 Å². The molecule has 1 N–H and O–H groups in total. The Kier molecular flexibility index (Phi) is 6.06. The maximum absolute atomic E-state index is 13.2. The lowest BCUT2D eigenvalue weighted by atomic mass is 10.0. The van der Waals surface area contributed by atoms with Crippen molar-refractivity contribution < 1.29 is 23.1 Å². The molecule has 0 aliphatic carbocycles. The van der Waals surface area contributed by atoms with Crippen molar-refractivity contribution in [1.29, 1.82) is 0 Å². The predicted molar refractivity (Wildman–Crippen MR) is 103 cm³/mol. The number of alkyl halides is 3. The van der Waals surface area contributed by atoms with Crippen LogP contribution >= 0.6 is 0 Å². The van der Waals surface area contributed by atoms with Gasteiger partial charge in [-0.1, -0.05) is 42.5 Å². The average molecular weight is 402 g/mol. The van der Waals surface area contributed by atoms with Crippen molar-refractivity contribution in [3.63, 3.8) is 0 Å². The highest BCUT2D eigenvalue weighted by atomic mass is 19.4. The fourth-order valence-electron chi connectivity index (χ4n) is 3.31. The number of carboxylic acid groups (broad SMARTS) is 1. The van der Waals surface area contributed by atoms with Crippen LogP contribution in [0.1, 0.15) is 34.5 Å². The van der Waals surface area contributed by atoms with Crippen LogP contribution in [0.15, 0.2) is 54.6 Å². The van der Waals surface area contributed by atoms with Crippen molar-refractivity contribution in [2.24, 2.45) is 0 Å². The minimum Gasteiger partial charge on any atom is -0.481 e.